The molecule has 0 amide bonds. The van der Waals surface area contributed by atoms with Gasteiger partial charge in [0.25, 0.3) is 0 Å². The Morgan fingerprint density at radius 2 is 2.24 bits per heavy atom. The van der Waals surface area contributed by atoms with Crippen LogP contribution in [0.4, 0.5) is 0 Å². The van der Waals surface area contributed by atoms with Crippen LogP contribution in [0.25, 0.3) is 5.69 Å². The van der Waals surface area contributed by atoms with E-state index in [-0.39, 0.29) is 0 Å². The zero-order chi connectivity index (χ0) is 12.1. The fraction of sp³-hybridized carbons (Fsp3) is 0.385. The van der Waals surface area contributed by atoms with Crippen molar-refractivity contribution in [1.29, 1.82) is 0 Å². The Labute approximate surface area is 102 Å². The van der Waals surface area contributed by atoms with Gasteiger partial charge in [-0.15, -0.1) is 0 Å². The van der Waals surface area contributed by atoms with Crippen molar-refractivity contribution in [2.75, 3.05) is 6.54 Å². The predicted octanol–water partition coefficient (Wildman–Crippen LogP) is 2.08. The third kappa shape index (κ3) is 2.91. The molecule has 0 aliphatic heterocycles. The van der Waals surface area contributed by atoms with Crippen molar-refractivity contribution in [2.45, 2.75) is 26.8 Å². The maximum absolute atomic E-state index is 4.38. The van der Waals surface area contributed by atoms with Gasteiger partial charge in [0, 0.05) is 18.9 Å². The maximum atomic E-state index is 4.38. The van der Waals surface area contributed by atoms with Crippen LogP contribution in [0.3, 0.4) is 0 Å². The van der Waals surface area contributed by atoms with Gasteiger partial charge in [0.15, 0.2) is 0 Å². The molecule has 0 radical (unpaired) electrons. The molecule has 0 unspecified atom stereocenters. The number of rotatable bonds is 5. The van der Waals surface area contributed by atoms with E-state index in [4.69, 9.17) is 0 Å². The highest BCUT2D eigenvalue weighted by atomic mass is 15.1. The van der Waals surface area contributed by atoms with Crippen molar-refractivity contribution < 1.29 is 0 Å². The number of nitrogens with one attached hydrogen (secondary N) is 1. The Bertz CT molecular complexity index is 476. The number of hydrogen-bond donors (Lipinski definition) is 1. The van der Waals surface area contributed by atoms with E-state index < -0.39 is 0 Å². The Kier molecular flexibility index (Phi) is 3.88. The molecule has 17 heavy (non-hydrogen) atoms. The first-order chi connectivity index (χ1) is 8.31. The van der Waals surface area contributed by atoms with Crippen molar-refractivity contribution in [3.8, 4) is 5.69 Å². The lowest BCUT2D eigenvalue weighted by atomic mass is 10.3. The summed E-state index contributed by atoms with van der Waals surface area (Å²) in [5.41, 5.74) is 3.15. The number of pyridine rings is 1. The summed E-state index contributed by atoms with van der Waals surface area (Å²) in [6.07, 6.45) is 6.83. The van der Waals surface area contributed by atoms with Crippen LogP contribution in [0.1, 0.15) is 24.7 Å². The minimum atomic E-state index is 0.820. The standard InChI is InChI=1S/C13H18N4/c1-3-6-14-8-12-9-17(10-16-12)13-5-4-7-15-11(13)2/h4-5,7,9-10,14H,3,6,8H2,1-2H3. The van der Waals surface area contributed by atoms with Crippen LogP contribution in [0.15, 0.2) is 30.9 Å². The van der Waals surface area contributed by atoms with Gasteiger partial charge >= 0.3 is 0 Å². The van der Waals surface area contributed by atoms with Crippen LogP contribution in [-0.2, 0) is 6.54 Å². The Morgan fingerprint density at radius 3 is 3.00 bits per heavy atom. The number of hydrogen-bond acceptors (Lipinski definition) is 3. The predicted molar refractivity (Wildman–Crippen MR) is 68.1 cm³/mol. The molecule has 0 bridgehead atoms. The van der Waals surface area contributed by atoms with Gasteiger partial charge < -0.3 is 9.88 Å². The summed E-state index contributed by atoms with van der Waals surface area (Å²) in [6.45, 7) is 6.01. The quantitative estimate of drug-likeness (QED) is 0.800. The topological polar surface area (TPSA) is 42.7 Å². The SMILES string of the molecule is CCCNCc1cn(-c2cccnc2C)cn1. The fourth-order valence-corrected chi connectivity index (χ4v) is 1.73. The Hall–Kier alpha value is -1.68. The van der Waals surface area contributed by atoms with E-state index in [1.54, 1.807) is 6.20 Å². The number of aromatic nitrogens is 3. The first-order valence-corrected chi connectivity index (χ1v) is 5.97. The molecule has 4 nitrogen and oxygen atoms in total. The molecule has 4 heteroatoms. The lowest BCUT2D eigenvalue weighted by Crippen LogP contribution is -2.13. The van der Waals surface area contributed by atoms with Gasteiger partial charge in [-0.05, 0) is 32.0 Å². The molecule has 90 valence electrons. The summed E-state index contributed by atoms with van der Waals surface area (Å²) >= 11 is 0. The normalized spacial score (nSPS) is 10.7. The monoisotopic (exact) mass is 230 g/mol. The van der Waals surface area contributed by atoms with E-state index in [9.17, 15) is 0 Å². The zero-order valence-corrected chi connectivity index (χ0v) is 10.3. The minimum absolute atomic E-state index is 0.820. The molecule has 0 aliphatic rings. The lowest BCUT2D eigenvalue weighted by Gasteiger charge is -2.04. The van der Waals surface area contributed by atoms with E-state index in [1.165, 1.54) is 0 Å². The molecule has 2 heterocycles. The third-order valence-corrected chi connectivity index (χ3v) is 2.63. The molecule has 0 aromatic carbocycles. The van der Waals surface area contributed by atoms with Gasteiger partial charge in [0.2, 0.25) is 0 Å². The van der Waals surface area contributed by atoms with Gasteiger partial charge in [-0.1, -0.05) is 6.92 Å². The van der Waals surface area contributed by atoms with Crippen LogP contribution in [0.5, 0.6) is 0 Å². The van der Waals surface area contributed by atoms with Gasteiger partial charge in [-0.2, -0.15) is 0 Å². The minimum Gasteiger partial charge on any atom is -0.311 e. The van der Waals surface area contributed by atoms with Gasteiger partial charge in [-0.3, -0.25) is 4.98 Å². The third-order valence-electron chi connectivity index (χ3n) is 2.63. The van der Waals surface area contributed by atoms with Crippen LogP contribution < -0.4 is 5.32 Å². The second-order valence-electron chi connectivity index (χ2n) is 4.06. The summed E-state index contributed by atoms with van der Waals surface area (Å²) < 4.78 is 2.02. The molecule has 0 aliphatic carbocycles. The first kappa shape index (κ1) is 11.8. The van der Waals surface area contributed by atoms with Crippen molar-refractivity contribution >= 4 is 0 Å². The van der Waals surface area contributed by atoms with Crippen LogP contribution in [0.2, 0.25) is 0 Å². The van der Waals surface area contributed by atoms with Crippen LogP contribution in [-0.4, -0.2) is 21.1 Å². The van der Waals surface area contributed by atoms with Crippen molar-refractivity contribution in [1.82, 2.24) is 19.9 Å². The highest BCUT2D eigenvalue weighted by molar-refractivity contribution is 5.35. The van der Waals surface area contributed by atoms with E-state index in [0.717, 1.165) is 36.6 Å². The second-order valence-corrected chi connectivity index (χ2v) is 4.06. The number of imidazole rings is 1. The summed E-state index contributed by atoms with van der Waals surface area (Å²) in [6, 6.07) is 3.99. The van der Waals surface area contributed by atoms with Crippen LogP contribution >= 0.6 is 0 Å². The zero-order valence-electron chi connectivity index (χ0n) is 10.3. The molecular weight excluding hydrogens is 212 g/mol. The highest BCUT2D eigenvalue weighted by Crippen LogP contribution is 2.11. The van der Waals surface area contributed by atoms with Crippen molar-refractivity contribution in [3.63, 3.8) is 0 Å². The van der Waals surface area contributed by atoms with Gasteiger partial charge in [0.05, 0.1) is 23.4 Å². The first-order valence-electron chi connectivity index (χ1n) is 5.97. The average Bonchev–Trinajstić information content (AvgIpc) is 2.79. The largest absolute Gasteiger partial charge is 0.311 e. The summed E-state index contributed by atoms with van der Waals surface area (Å²) in [5, 5.41) is 3.34. The smallest absolute Gasteiger partial charge is 0.0996 e. The maximum Gasteiger partial charge on any atom is 0.0996 e. The van der Waals surface area contributed by atoms with Gasteiger partial charge in [-0.25, -0.2) is 4.98 Å². The summed E-state index contributed by atoms with van der Waals surface area (Å²) in [5.74, 6) is 0. The second kappa shape index (κ2) is 5.59. The average molecular weight is 230 g/mol. The van der Waals surface area contributed by atoms with Crippen LogP contribution in [0, 0.1) is 6.92 Å². The van der Waals surface area contributed by atoms with Gasteiger partial charge in [0.1, 0.15) is 0 Å². The number of nitrogens with zero attached hydrogens (tertiary/aromatic N) is 3. The fourth-order valence-electron chi connectivity index (χ4n) is 1.73. The van der Waals surface area contributed by atoms with Crippen molar-refractivity contribution in [3.05, 3.63) is 42.2 Å². The van der Waals surface area contributed by atoms with E-state index in [2.05, 4.69) is 22.2 Å². The molecular formula is C13H18N4. The van der Waals surface area contributed by atoms with E-state index >= 15 is 0 Å². The molecule has 2 aromatic rings. The Balaban J connectivity index is 2.10. The van der Waals surface area contributed by atoms with E-state index in [0.29, 0.717) is 0 Å². The molecule has 1 N–H and O–H groups in total. The number of aryl methyl sites for hydroxylation is 1. The summed E-state index contributed by atoms with van der Waals surface area (Å²) in [7, 11) is 0. The molecule has 2 aromatic heterocycles. The molecule has 0 spiro atoms. The lowest BCUT2D eigenvalue weighted by molar-refractivity contribution is 0.666. The molecule has 0 fully saturated rings. The van der Waals surface area contributed by atoms with E-state index in [1.807, 2.05) is 36.1 Å². The Morgan fingerprint density at radius 1 is 1.35 bits per heavy atom. The molecule has 2 rings (SSSR count). The summed E-state index contributed by atoms with van der Waals surface area (Å²) in [4.78, 5) is 8.65. The van der Waals surface area contributed by atoms with Crippen molar-refractivity contribution in [2.24, 2.45) is 0 Å². The molecule has 0 saturated heterocycles. The molecule has 0 saturated carbocycles. The molecule has 0 atom stereocenters. The highest BCUT2D eigenvalue weighted by Gasteiger charge is 2.03.